The van der Waals surface area contributed by atoms with Crippen LogP contribution in [0.25, 0.3) is 10.8 Å². The molecule has 0 spiro atoms. The van der Waals surface area contributed by atoms with Gasteiger partial charge in [-0.3, -0.25) is 20.4 Å². The zero-order valence-corrected chi connectivity index (χ0v) is 17.7. The first kappa shape index (κ1) is 20.8. The SMILES string of the molecule is O=C(COc1ccc2ccccc2c1Br)NNC(=S)NC(=O)Cc1ccccc1. The highest BCUT2D eigenvalue weighted by Gasteiger charge is 2.10. The van der Waals surface area contributed by atoms with E-state index in [1.807, 2.05) is 60.7 Å². The maximum atomic E-state index is 12.0. The third-order valence-corrected chi connectivity index (χ3v) is 4.98. The Morgan fingerprint density at radius 1 is 0.897 bits per heavy atom. The smallest absolute Gasteiger partial charge is 0.276 e. The molecule has 148 valence electrons. The first-order chi connectivity index (χ1) is 14.0. The van der Waals surface area contributed by atoms with Crippen LogP contribution in [0.3, 0.4) is 0 Å². The minimum absolute atomic E-state index is 0.00571. The zero-order valence-electron chi connectivity index (χ0n) is 15.3. The molecule has 0 radical (unpaired) electrons. The predicted molar refractivity (Wildman–Crippen MR) is 119 cm³/mol. The molecule has 0 aliphatic carbocycles. The molecule has 2 amide bonds. The first-order valence-corrected chi connectivity index (χ1v) is 9.95. The number of hydrazine groups is 1. The van der Waals surface area contributed by atoms with E-state index >= 15 is 0 Å². The lowest BCUT2D eigenvalue weighted by atomic mass is 10.1. The van der Waals surface area contributed by atoms with Gasteiger partial charge in [0.1, 0.15) is 5.75 Å². The topological polar surface area (TPSA) is 79.5 Å². The number of thiocarbonyl (C=S) groups is 1. The third-order valence-electron chi connectivity index (χ3n) is 3.96. The highest BCUT2D eigenvalue weighted by molar-refractivity contribution is 9.10. The Hall–Kier alpha value is -2.97. The largest absolute Gasteiger partial charge is 0.483 e. The van der Waals surface area contributed by atoms with E-state index in [1.165, 1.54) is 0 Å². The molecule has 3 rings (SSSR count). The first-order valence-electron chi connectivity index (χ1n) is 8.75. The molecule has 0 saturated heterocycles. The molecular weight excluding hydrogens is 454 g/mol. The van der Waals surface area contributed by atoms with Crippen molar-refractivity contribution in [1.29, 1.82) is 0 Å². The average molecular weight is 472 g/mol. The lowest BCUT2D eigenvalue weighted by Gasteiger charge is -2.12. The summed E-state index contributed by atoms with van der Waals surface area (Å²) in [6.07, 6.45) is 0.190. The lowest BCUT2D eigenvalue weighted by Crippen LogP contribution is -2.49. The number of rotatable bonds is 5. The molecule has 8 heteroatoms. The molecule has 0 aliphatic rings. The van der Waals surface area contributed by atoms with Gasteiger partial charge in [0, 0.05) is 0 Å². The fourth-order valence-corrected chi connectivity index (χ4v) is 3.39. The van der Waals surface area contributed by atoms with E-state index in [2.05, 4.69) is 32.1 Å². The number of hydrogen-bond acceptors (Lipinski definition) is 4. The van der Waals surface area contributed by atoms with E-state index in [0.717, 1.165) is 20.8 Å². The Balaban J connectivity index is 1.43. The van der Waals surface area contributed by atoms with Gasteiger partial charge in [-0.15, -0.1) is 0 Å². The molecule has 0 saturated carbocycles. The average Bonchev–Trinajstić information content (AvgIpc) is 2.72. The van der Waals surface area contributed by atoms with Crippen LogP contribution < -0.4 is 20.9 Å². The summed E-state index contributed by atoms with van der Waals surface area (Å²) in [5.74, 6) is -0.165. The summed E-state index contributed by atoms with van der Waals surface area (Å²) in [5, 5.41) is 4.57. The molecule has 6 nitrogen and oxygen atoms in total. The zero-order chi connectivity index (χ0) is 20.6. The van der Waals surface area contributed by atoms with E-state index in [4.69, 9.17) is 17.0 Å². The van der Waals surface area contributed by atoms with Gasteiger partial charge in [-0.2, -0.15) is 0 Å². The van der Waals surface area contributed by atoms with Gasteiger partial charge in [0.2, 0.25) is 5.91 Å². The van der Waals surface area contributed by atoms with Crippen molar-refractivity contribution >= 4 is 55.8 Å². The number of nitrogens with one attached hydrogen (secondary N) is 3. The number of carbonyl (C=O) groups is 2. The Morgan fingerprint density at radius 3 is 2.41 bits per heavy atom. The molecule has 0 atom stereocenters. The predicted octanol–water partition coefficient (Wildman–Crippen LogP) is 3.25. The van der Waals surface area contributed by atoms with E-state index in [0.29, 0.717) is 5.75 Å². The summed E-state index contributed by atoms with van der Waals surface area (Å²) in [4.78, 5) is 23.9. The minimum Gasteiger partial charge on any atom is -0.483 e. The summed E-state index contributed by atoms with van der Waals surface area (Å²) in [5.41, 5.74) is 5.75. The highest BCUT2D eigenvalue weighted by Crippen LogP contribution is 2.32. The molecule has 3 aromatic rings. The summed E-state index contributed by atoms with van der Waals surface area (Å²) in [7, 11) is 0. The van der Waals surface area contributed by atoms with E-state index < -0.39 is 5.91 Å². The number of benzene rings is 3. The van der Waals surface area contributed by atoms with Crippen molar-refractivity contribution in [2.24, 2.45) is 0 Å². The van der Waals surface area contributed by atoms with Crippen LogP contribution in [-0.2, 0) is 16.0 Å². The van der Waals surface area contributed by atoms with E-state index in [9.17, 15) is 9.59 Å². The van der Waals surface area contributed by atoms with Gasteiger partial charge in [-0.05, 0) is 50.6 Å². The quantitative estimate of drug-likeness (QED) is 0.393. The molecule has 0 unspecified atom stereocenters. The van der Waals surface area contributed by atoms with E-state index in [1.54, 1.807) is 6.07 Å². The number of hydrogen-bond donors (Lipinski definition) is 3. The van der Waals surface area contributed by atoms with Crippen molar-refractivity contribution < 1.29 is 14.3 Å². The van der Waals surface area contributed by atoms with Crippen molar-refractivity contribution in [3.63, 3.8) is 0 Å². The Kier molecular flexibility index (Phi) is 7.15. The standard InChI is InChI=1S/C21H18BrN3O3S/c22-20-16-9-5-4-8-15(16)10-11-17(20)28-13-19(27)24-25-21(29)23-18(26)12-14-6-2-1-3-7-14/h1-11H,12-13H2,(H,24,27)(H2,23,25,26,29). The van der Waals surface area contributed by atoms with Crippen molar-refractivity contribution in [1.82, 2.24) is 16.2 Å². The molecule has 0 heterocycles. The number of ether oxygens (including phenoxy) is 1. The summed E-state index contributed by atoms with van der Waals surface area (Å²) >= 11 is 8.52. The molecule has 29 heavy (non-hydrogen) atoms. The van der Waals surface area contributed by atoms with Crippen LogP contribution >= 0.6 is 28.1 Å². The van der Waals surface area contributed by atoms with Crippen LogP contribution in [-0.4, -0.2) is 23.5 Å². The third kappa shape index (κ3) is 6.00. The van der Waals surface area contributed by atoms with Gasteiger partial charge < -0.3 is 10.1 Å². The van der Waals surface area contributed by atoms with Gasteiger partial charge >= 0.3 is 0 Å². The number of fused-ring (bicyclic) bond motifs is 1. The monoisotopic (exact) mass is 471 g/mol. The number of amides is 2. The van der Waals surface area contributed by atoms with Gasteiger partial charge in [-0.1, -0.05) is 60.7 Å². The Labute approximate surface area is 181 Å². The van der Waals surface area contributed by atoms with Gasteiger partial charge in [0.05, 0.1) is 10.9 Å². The molecule has 0 aliphatic heterocycles. The van der Waals surface area contributed by atoms with Crippen LogP contribution in [0.4, 0.5) is 0 Å². The molecule has 3 aromatic carbocycles. The van der Waals surface area contributed by atoms with Crippen molar-refractivity contribution in [3.8, 4) is 5.75 Å². The van der Waals surface area contributed by atoms with Gasteiger partial charge in [0.25, 0.3) is 5.91 Å². The fourth-order valence-electron chi connectivity index (χ4n) is 2.61. The number of halogens is 1. The number of carbonyl (C=O) groups excluding carboxylic acids is 2. The van der Waals surface area contributed by atoms with Gasteiger partial charge in [-0.25, -0.2) is 0 Å². The summed E-state index contributed by atoms with van der Waals surface area (Å²) < 4.78 is 6.35. The fraction of sp³-hybridized carbons (Fsp3) is 0.0952. The Morgan fingerprint density at radius 2 is 1.62 bits per heavy atom. The molecule has 0 bridgehead atoms. The van der Waals surface area contributed by atoms with Crippen LogP contribution in [0.2, 0.25) is 0 Å². The molecule has 3 N–H and O–H groups in total. The van der Waals surface area contributed by atoms with Crippen molar-refractivity contribution in [2.45, 2.75) is 6.42 Å². The second kappa shape index (κ2) is 9.99. The van der Waals surface area contributed by atoms with Gasteiger partial charge in [0.15, 0.2) is 11.7 Å². The van der Waals surface area contributed by atoms with Crippen LogP contribution in [0, 0.1) is 0 Å². The molecule has 0 fully saturated rings. The van der Waals surface area contributed by atoms with Crippen LogP contribution in [0.1, 0.15) is 5.56 Å². The highest BCUT2D eigenvalue weighted by atomic mass is 79.9. The lowest BCUT2D eigenvalue weighted by molar-refractivity contribution is -0.124. The maximum absolute atomic E-state index is 12.0. The molecular formula is C21H18BrN3O3S. The van der Waals surface area contributed by atoms with E-state index in [-0.39, 0.29) is 24.0 Å². The molecule has 0 aromatic heterocycles. The normalized spacial score (nSPS) is 10.2. The maximum Gasteiger partial charge on any atom is 0.276 e. The van der Waals surface area contributed by atoms with Crippen LogP contribution in [0.15, 0.2) is 71.2 Å². The Bertz CT molecular complexity index is 1040. The van der Waals surface area contributed by atoms with Crippen molar-refractivity contribution in [3.05, 3.63) is 76.8 Å². The second-order valence-electron chi connectivity index (χ2n) is 6.10. The second-order valence-corrected chi connectivity index (χ2v) is 7.30. The minimum atomic E-state index is -0.440. The summed E-state index contributed by atoms with van der Waals surface area (Å²) in [6.45, 7) is -0.218. The summed E-state index contributed by atoms with van der Waals surface area (Å²) in [6, 6.07) is 20.8. The van der Waals surface area contributed by atoms with Crippen LogP contribution in [0.5, 0.6) is 5.75 Å². The van der Waals surface area contributed by atoms with Crippen molar-refractivity contribution in [2.75, 3.05) is 6.61 Å².